The SMILES string of the molecule is CN=C(NCCOC)NCCc1ncc(C)s1. The lowest BCUT2D eigenvalue weighted by molar-refractivity contribution is 0.203. The van der Waals surface area contributed by atoms with Gasteiger partial charge in [-0.25, -0.2) is 4.98 Å². The molecule has 0 fully saturated rings. The molecule has 96 valence electrons. The van der Waals surface area contributed by atoms with Crippen molar-refractivity contribution in [3.8, 4) is 0 Å². The van der Waals surface area contributed by atoms with E-state index in [-0.39, 0.29) is 0 Å². The van der Waals surface area contributed by atoms with Crippen molar-refractivity contribution < 1.29 is 4.74 Å². The normalized spacial score (nSPS) is 11.6. The van der Waals surface area contributed by atoms with Crippen molar-refractivity contribution in [2.75, 3.05) is 33.9 Å². The van der Waals surface area contributed by atoms with Crippen LogP contribution in [0.2, 0.25) is 0 Å². The van der Waals surface area contributed by atoms with Crippen molar-refractivity contribution in [1.29, 1.82) is 0 Å². The molecule has 0 saturated heterocycles. The third-order valence-electron chi connectivity index (χ3n) is 2.12. The minimum Gasteiger partial charge on any atom is -0.383 e. The van der Waals surface area contributed by atoms with Crippen LogP contribution in [0.15, 0.2) is 11.2 Å². The van der Waals surface area contributed by atoms with Crippen LogP contribution < -0.4 is 10.6 Å². The summed E-state index contributed by atoms with van der Waals surface area (Å²) in [6, 6.07) is 0. The van der Waals surface area contributed by atoms with Gasteiger partial charge in [0.2, 0.25) is 0 Å². The van der Waals surface area contributed by atoms with Gasteiger partial charge in [-0.1, -0.05) is 0 Å². The fourth-order valence-electron chi connectivity index (χ4n) is 1.30. The Balaban J connectivity index is 2.19. The Hall–Kier alpha value is -1.14. The van der Waals surface area contributed by atoms with Crippen LogP contribution in [-0.4, -0.2) is 44.8 Å². The number of aliphatic imine (C=N–C) groups is 1. The fourth-order valence-corrected chi connectivity index (χ4v) is 2.08. The average Bonchev–Trinajstić information content (AvgIpc) is 2.73. The molecule has 6 heteroatoms. The highest BCUT2D eigenvalue weighted by Crippen LogP contribution is 2.10. The molecular formula is C11H20N4OS. The molecule has 0 atom stereocenters. The molecule has 1 heterocycles. The maximum Gasteiger partial charge on any atom is 0.191 e. The van der Waals surface area contributed by atoms with E-state index < -0.39 is 0 Å². The number of aromatic nitrogens is 1. The number of thiazole rings is 1. The summed E-state index contributed by atoms with van der Waals surface area (Å²) >= 11 is 1.74. The first-order chi connectivity index (χ1) is 8.26. The van der Waals surface area contributed by atoms with E-state index in [0.29, 0.717) is 6.61 Å². The predicted octanol–water partition coefficient (Wildman–Crippen LogP) is 0.805. The van der Waals surface area contributed by atoms with Gasteiger partial charge in [0.15, 0.2) is 5.96 Å². The van der Waals surface area contributed by atoms with E-state index >= 15 is 0 Å². The number of rotatable bonds is 6. The van der Waals surface area contributed by atoms with Crippen LogP contribution in [-0.2, 0) is 11.2 Å². The number of aryl methyl sites for hydroxylation is 1. The minimum atomic E-state index is 0.673. The van der Waals surface area contributed by atoms with Gasteiger partial charge in [0.25, 0.3) is 0 Å². The summed E-state index contributed by atoms with van der Waals surface area (Å²) in [4.78, 5) is 9.68. The molecule has 1 rings (SSSR count). The Labute approximate surface area is 106 Å². The van der Waals surface area contributed by atoms with Gasteiger partial charge in [-0.05, 0) is 6.92 Å². The molecule has 0 amide bonds. The number of nitrogens with one attached hydrogen (secondary N) is 2. The minimum absolute atomic E-state index is 0.673. The zero-order valence-electron chi connectivity index (χ0n) is 10.6. The largest absolute Gasteiger partial charge is 0.383 e. The van der Waals surface area contributed by atoms with E-state index in [0.717, 1.165) is 30.5 Å². The van der Waals surface area contributed by atoms with Crippen LogP contribution in [0, 0.1) is 6.92 Å². The fraction of sp³-hybridized carbons (Fsp3) is 0.636. The van der Waals surface area contributed by atoms with Gasteiger partial charge >= 0.3 is 0 Å². The molecule has 0 aliphatic carbocycles. The second kappa shape index (κ2) is 8.03. The molecule has 1 aromatic heterocycles. The molecule has 0 saturated carbocycles. The van der Waals surface area contributed by atoms with Gasteiger partial charge in [0.05, 0.1) is 11.6 Å². The molecule has 5 nitrogen and oxygen atoms in total. The molecule has 2 N–H and O–H groups in total. The van der Waals surface area contributed by atoms with Gasteiger partial charge in [-0.2, -0.15) is 0 Å². The van der Waals surface area contributed by atoms with E-state index in [4.69, 9.17) is 4.74 Å². The number of hydrogen-bond acceptors (Lipinski definition) is 4. The molecule has 0 aromatic carbocycles. The molecule has 1 aromatic rings. The first-order valence-corrected chi connectivity index (χ1v) is 6.42. The predicted molar refractivity (Wildman–Crippen MR) is 71.8 cm³/mol. The second-order valence-corrected chi connectivity index (χ2v) is 4.85. The average molecular weight is 256 g/mol. The molecule has 0 spiro atoms. The molecular weight excluding hydrogens is 236 g/mol. The summed E-state index contributed by atoms with van der Waals surface area (Å²) < 4.78 is 4.96. The van der Waals surface area contributed by atoms with Gasteiger partial charge in [-0.15, -0.1) is 11.3 Å². The third-order valence-corrected chi connectivity index (χ3v) is 3.10. The van der Waals surface area contributed by atoms with Crippen molar-refractivity contribution in [2.24, 2.45) is 4.99 Å². The standard InChI is InChI=1S/C11H20N4OS/c1-9-8-15-10(17-9)4-5-13-11(12-2)14-6-7-16-3/h8H,4-7H2,1-3H3,(H2,12,13,14). The van der Waals surface area contributed by atoms with Crippen LogP contribution in [0.5, 0.6) is 0 Å². The summed E-state index contributed by atoms with van der Waals surface area (Å²) in [5, 5.41) is 7.55. The van der Waals surface area contributed by atoms with Crippen LogP contribution in [0.1, 0.15) is 9.88 Å². The number of nitrogens with zero attached hydrogens (tertiary/aromatic N) is 2. The highest BCUT2D eigenvalue weighted by atomic mass is 32.1. The van der Waals surface area contributed by atoms with E-state index in [1.54, 1.807) is 25.5 Å². The lowest BCUT2D eigenvalue weighted by Crippen LogP contribution is -2.39. The molecule has 17 heavy (non-hydrogen) atoms. The number of hydrogen-bond donors (Lipinski definition) is 2. The van der Waals surface area contributed by atoms with Crippen LogP contribution >= 0.6 is 11.3 Å². The quantitative estimate of drug-likeness (QED) is 0.449. The highest BCUT2D eigenvalue weighted by Gasteiger charge is 2.00. The van der Waals surface area contributed by atoms with E-state index in [1.165, 1.54) is 4.88 Å². The van der Waals surface area contributed by atoms with E-state index in [2.05, 4.69) is 27.5 Å². The molecule has 0 radical (unpaired) electrons. The summed E-state index contributed by atoms with van der Waals surface area (Å²) in [6.45, 7) is 4.33. The monoisotopic (exact) mass is 256 g/mol. The first-order valence-electron chi connectivity index (χ1n) is 5.61. The zero-order valence-corrected chi connectivity index (χ0v) is 11.4. The lowest BCUT2D eigenvalue weighted by Gasteiger charge is -2.10. The van der Waals surface area contributed by atoms with Crippen LogP contribution in [0.3, 0.4) is 0 Å². The van der Waals surface area contributed by atoms with Crippen LogP contribution in [0.4, 0.5) is 0 Å². The van der Waals surface area contributed by atoms with Crippen molar-refractivity contribution in [2.45, 2.75) is 13.3 Å². The van der Waals surface area contributed by atoms with E-state index in [9.17, 15) is 0 Å². The maximum absolute atomic E-state index is 4.96. The number of ether oxygens (including phenoxy) is 1. The van der Waals surface area contributed by atoms with Crippen molar-refractivity contribution in [3.05, 3.63) is 16.1 Å². The summed E-state index contributed by atoms with van der Waals surface area (Å²) in [5.41, 5.74) is 0. The topological polar surface area (TPSA) is 58.5 Å². The smallest absolute Gasteiger partial charge is 0.191 e. The van der Waals surface area contributed by atoms with Crippen molar-refractivity contribution in [1.82, 2.24) is 15.6 Å². The Kier molecular flexibility index (Phi) is 6.57. The highest BCUT2D eigenvalue weighted by molar-refractivity contribution is 7.11. The first kappa shape index (κ1) is 13.9. The third kappa shape index (κ3) is 5.65. The Bertz CT molecular complexity index is 351. The zero-order chi connectivity index (χ0) is 12.5. The Morgan fingerprint density at radius 2 is 2.24 bits per heavy atom. The van der Waals surface area contributed by atoms with Crippen molar-refractivity contribution >= 4 is 17.3 Å². The summed E-state index contributed by atoms with van der Waals surface area (Å²) in [7, 11) is 3.44. The van der Waals surface area contributed by atoms with Gasteiger partial charge in [0.1, 0.15) is 0 Å². The lowest BCUT2D eigenvalue weighted by atomic mass is 10.4. The second-order valence-electron chi connectivity index (χ2n) is 3.53. The number of guanidine groups is 1. The van der Waals surface area contributed by atoms with Gasteiger partial charge < -0.3 is 15.4 Å². The maximum atomic E-state index is 4.96. The number of methoxy groups -OCH3 is 1. The van der Waals surface area contributed by atoms with Crippen molar-refractivity contribution in [3.63, 3.8) is 0 Å². The Morgan fingerprint density at radius 1 is 1.47 bits per heavy atom. The Morgan fingerprint density at radius 3 is 2.82 bits per heavy atom. The summed E-state index contributed by atoms with van der Waals surface area (Å²) in [5.74, 6) is 0.801. The van der Waals surface area contributed by atoms with Gasteiger partial charge in [-0.3, -0.25) is 4.99 Å². The molecule has 0 aliphatic rings. The molecule has 0 bridgehead atoms. The van der Waals surface area contributed by atoms with Crippen LogP contribution in [0.25, 0.3) is 0 Å². The summed E-state index contributed by atoms with van der Waals surface area (Å²) in [6.07, 6.45) is 2.83. The molecule has 0 unspecified atom stereocenters. The van der Waals surface area contributed by atoms with Gasteiger partial charge in [0, 0.05) is 44.7 Å². The van der Waals surface area contributed by atoms with E-state index in [1.807, 2.05) is 6.20 Å². The molecule has 0 aliphatic heterocycles.